The number of alkyl halides is 2. The highest BCUT2D eigenvalue weighted by Crippen LogP contribution is 2.31. The summed E-state index contributed by atoms with van der Waals surface area (Å²) in [5.41, 5.74) is 5.32. The highest BCUT2D eigenvalue weighted by Gasteiger charge is 2.15. The highest BCUT2D eigenvalue weighted by molar-refractivity contribution is 7.90. The van der Waals surface area contributed by atoms with Crippen molar-refractivity contribution >= 4 is 27.7 Å². The fraction of sp³-hybridized carbons (Fsp3) is 0.154. The van der Waals surface area contributed by atoms with Gasteiger partial charge in [0.25, 0.3) is 0 Å². The average Bonchev–Trinajstić information content (AvgIpc) is 3.14. The molecule has 4 aromatic rings. The smallest absolute Gasteiger partial charge is 0.387 e. The molecule has 0 fully saturated rings. The molecule has 35 heavy (non-hydrogen) atoms. The molecular formula is C26H22F2N4O2S. The molecule has 0 radical (unpaired) electrons. The lowest BCUT2D eigenvalue weighted by atomic mass is 10.0. The summed E-state index contributed by atoms with van der Waals surface area (Å²) >= 11 is 0. The number of imidazole rings is 1. The zero-order valence-electron chi connectivity index (χ0n) is 19.1. The van der Waals surface area contributed by atoms with Gasteiger partial charge in [0.05, 0.1) is 28.4 Å². The van der Waals surface area contributed by atoms with E-state index in [0.717, 1.165) is 39.4 Å². The van der Waals surface area contributed by atoms with Crippen LogP contribution in [0.5, 0.6) is 5.75 Å². The molecule has 0 spiro atoms. The zero-order valence-corrected chi connectivity index (χ0v) is 19.9. The number of hydrogen-bond donors (Lipinski definition) is 0. The second-order valence-corrected chi connectivity index (χ2v) is 9.30. The van der Waals surface area contributed by atoms with E-state index in [1.165, 1.54) is 0 Å². The third-order valence-corrected chi connectivity index (χ3v) is 6.62. The Morgan fingerprint density at radius 3 is 2.57 bits per heavy atom. The van der Waals surface area contributed by atoms with E-state index in [0.29, 0.717) is 12.1 Å². The largest absolute Gasteiger partial charge is 0.434 e. The predicted molar refractivity (Wildman–Crippen MR) is 134 cm³/mol. The lowest BCUT2D eigenvalue weighted by Crippen LogP contribution is -2.12. The molecule has 3 heterocycles. The predicted octanol–water partition coefficient (Wildman–Crippen LogP) is 5.88. The molecule has 0 atom stereocenters. The van der Waals surface area contributed by atoms with Gasteiger partial charge in [-0.05, 0) is 49.2 Å². The van der Waals surface area contributed by atoms with Gasteiger partial charge in [0, 0.05) is 40.5 Å². The first kappa shape index (κ1) is 22.9. The number of anilines is 1. The first-order chi connectivity index (χ1) is 16.9. The Balaban J connectivity index is 1.50. The van der Waals surface area contributed by atoms with Crippen LogP contribution < -0.4 is 9.64 Å². The Morgan fingerprint density at radius 1 is 1.06 bits per heavy atom. The maximum atomic E-state index is 12.9. The number of fused-ring (bicyclic) bond motifs is 1. The lowest BCUT2D eigenvalue weighted by molar-refractivity contribution is -0.0504. The van der Waals surface area contributed by atoms with Crippen molar-refractivity contribution in [1.29, 1.82) is 0 Å². The second kappa shape index (κ2) is 9.42. The molecule has 0 N–H and O–H groups in total. The van der Waals surface area contributed by atoms with Crippen LogP contribution in [0, 0.1) is 13.8 Å². The summed E-state index contributed by atoms with van der Waals surface area (Å²) in [5.74, 6) is 1.66. The molecule has 0 unspecified atom stereocenters. The second-order valence-electron chi connectivity index (χ2n) is 8.10. The minimum Gasteiger partial charge on any atom is -0.434 e. The van der Waals surface area contributed by atoms with Crippen LogP contribution in [0.4, 0.5) is 14.6 Å². The first-order valence-corrected chi connectivity index (χ1v) is 12.2. The molecule has 0 amide bonds. The van der Waals surface area contributed by atoms with E-state index in [1.807, 2.05) is 53.8 Å². The number of para-hydroxylation sites is 1. The van der Waals surface area contributed by atoms with Crippen molar-refractivity contribution in [2.24, 2.45) is 0 Å². The van der Waals surface area contributed by atoms with Crippen LogP contribution in [0.25, 0.3) is 22.2 Å². The first-order valence-electron chi connectivity index (χ1n) is 10.9. The van der Waals surface area contributed by atoms with Gasteiger partial charge < -0.3 is 14.2 Å². The number of rotatable bonds is 6. The molecular weight excluding hydrogens is 470 g/mol. The van der Waals surface area contributed by atoms with Crippen molar-refractivity contribution in [2.75, 3.05) is 4.90 Å². The Bertz CT molecular complexity index is 1480. The van der Waals surface area contributed by atoms with E-state index in [1.54, 1.807) is 47.5 Å². The Kier molecular flexibility index (Phi) is 6.17. The SMILES string of the molecule is Cc1cc(N2C=CS(=O)C=C2)ncc1-c1ccc2nc(C)n(Cc3ccccc3OC(F)F)c2c1. The van der Waals surface area contributed by atoms with Gasteiger partial charge >= 0.3 is 6.61 Å². The van der Waals surface area contributed by atoms with Crippen LogP contribution in [0.3, 0.4) is 0 Å². The Hall–Kier alpha value is -3.85. The number of nitrogens with zero attached hydrogens (tertiary/aromatic N) is 4. The van der Waals surface area contributed by atoms with Gasteiger partial charge in [0.1, 0.15) is 17.4 Å². The number of benzene rings is 2. The number of halogens is 2. The minimum absolute atomic E-state index is 0.153. The average molecular weight is 493 g/mol. The van der Waals surface area contributed by atoms with Crippen molar-refractivity contribution < 1.29 is 17.7 Å². The van der Waals surface area contributed by atoms with E-state index in [4.69, 9.17) is 4.74 Å². The molecule has 5 rings (SSSR count). The van der Waals surface area contributed by atoms with E-state index in [9.17, 15) is 13.0 Å². The summed E-state index contributed by atoms with van der Waals surface area (Å²) in [6.45, 7) is 1.37. The molecule has 2 aromatic heterocycles. The number of pyridine rings is 1. The highest BCUT2D eigenvalue weighted by atomic mass is 32.2. The Labute approximate surface area is 203 Å². The fourth-order valence-corrected chi connectivity index (χ4v) is 4.70. The Morgan fingerprint density at radius 2 is 1.83 bits per heavy atom. The van der Waals surface area contributed by atoms with Gasteiger partial charge in [-0.1, -0.05) is 24.3 Å². The molecule has 0 saturated carbocycles. The molecule has 1 aliphatic rings. The quantitative estimate of drug-likeness (QED) is 0.337. The maximum absolute atomic E-state index is 12.9. The van der Waals surface area contributed by atoms with Gasteiger partial charge in [-0.2, -0.15) is 8.78 Å². The molecule has 9 heteroatoms. The number of aryl methyl sites for hydroxylation is 2. The van der Waals surface area contributed by atoms with Crippen LogP contribution in [-0.4, -0.2) is 25.4 Å². The number of ether oxygens (including phenoxy) is 1. The van der Waals surface area contributed by atoms with Crippen molar-refractivity contribution in [1.82, 2.24) is 14.5 Å². The fourth-order valence-electron chi connectivity index (χ4n) is 4.11. The number of hydrogen-bond acceptors (Lipinski definition) is 5. The molecule has 6 nitrogen and oxygen atoms in total. The van der Waals surface area contributed by atoms with Crippen molar-refractivity contribution in [3.8, 4) is 16.9 Å². The zero-order chi connectivity index (χ0) is 24.5. The van der Waals surface area contributed by atoms with Gasteiger partial charge in [0.2, 0.25) is 0 Å². The normalized spacial score (nSPS) is 13.8. The van der Waals surface area contributed by atoms with Crippen LogP contribution in [0.15, 0.2) is 77.9 Å². The van der Waals surface area contributed by atoms with Crippen molar-refractivity contribution in [3.05, 3.63) is 94.9 Å². The van der Waals surface area contributed by atoms with Crippen molar-refractivity contribution in [2.45, 2.75) is 27.0 Å². The van der Waals surface area contributed by atoms with Crippen LogP contribution >= 0.6 is 0 Å². The summed E-state index contributed by atoms with van der Waals surface area (Å²) in [6.07, 6.45) is 5.29. The third-order valence-electron chi connectivity index (χ3n) is 5.84. The van der Waals surface area contributed by atoms with Gasteiger partial charge in [-0.25, -0.2) is 9.97 Å². The van der Waals surface area contributed by atoms with Gasteiger partial charge in [-0.15, -0.1) is 0 Å². The van der Waals surface area contributed by atoms with E-state index < -0.39 is 17.4 Å². The maximum Gasteiger partial charge on any atom is 0.387 e. The molecule has 0 aliphatic carbocycles. The van der Waals surface area contributed by atoms with E-state index >= 15 is 0 Å². The van der Waals surface area contributed by atoms with Crippen LogP contribution in [0.1, 0.15) is 17.0 Å². The topological polar surface area (TPSA) is 60.2 Å². The van der Waals surface area contributed by atoms with Crippen LogP contribution in [0.2, 0.25) is 0 Å². The molecule has 0 bridgehead atoms. The minimum atomic E-state index is -2.89. The molecule has 178 valence electrons. The summed E-state index contributed by atoms with van der Waals surface area (Å²) in [4.78, 5) is 11.1. The van der Waals surface area contributed by atoms with Crippen molar-refractivity contribution in [3.63, 3.8) is 0 Å². The summed E-state index contributed by atoms with van der Waals surface area (Å²) in [6, 6.07) is 14.8. The summed E-state index contributed by atoms with van der Waals surface area (Å²) in [5, 5.41) is 3.21. The summed E-state index contributed by atoms with van der Waals surface area (Å²) < 4.78 is 44.0. The molecule has 0 saturated heterocycles. The third kappa shape index (κ3) is 4.72. The van der Waals surface area contributed by atoms with E-state index in [-0.39, 0.29) is 5.75 Å². The number of aromatic nitrogens is 3. The molecule has 1 aliphatic heterocycles. The molecule has 2 aromatic carbocycles. The standard InChI is InChI=1S/C26H22F2N4O2S/c1-17-13-25(31-9-11-35(33)12-10-31)29-15-21(17)19-7-8-22-23(14-19)32(18(2)30-22)16-20-5-3-4-6-24(20)34-26(27)28/h3-15,26H,16H2,1-2H3. The monoisotopic (exact) mass is 492 g/mol. The van der Waals surface area contributed by atoms with E-state index in [2.05, 4.69) is 9.97 Å². The lowest BCUT2D eigenvalue weighted by Gasteiger charge is -2.18. The summed E-state index contributed by atoms with van der Waals surface area (Å²) in [7, 11) is -1.09. The van der Waals surface area contributed by atoms with Gasteiger partial charge in [0.15, 0.2) is 0 Å². The van der Waals surface area contributed by atoms with Gasteiger partial charge in [-0.3, -0.25) is 4.21 Å². The van der Waals surface area contributed by atoms with Crippen LogP contribution in [-0.2, 0) is 17.3 Å².